The SMILES string of the molecule is O=c1c2c3c(sc2nc(NCc2ccncc2)n1-c1ccccc1)CCCCC3. The zero-order valence-corrected chi connectivity index (χ0v) is 16.9. The Hall–Kier alpha value is -2.99. The number of nitrogens with one attached hydrogen (secondary N) is 1. The van der Waals surface area contributed by atoms with Crippen molar-refractivity contribution in [1.29, 1.82) is 0 Å². The highest BCUT2D eigenvalue weighted by Gasteiger charge is 2.22. The molecule has 1 aliphatic carbocycles. The van der Waals surface area contributed by atoms with Gasteiger partial charge in [0.2, 0.25) is 5.95 Å². The fourth-order valence-corrected chi connectivity index (χ4v) is 5.25. The first-order valence-electron chi connectivity index (χ1n) is 10.1. The lowest BCUT2D eigenvalue weighted by atomic mass is 10.1. The van der Waals surface area contributed by atoms with Crippen LogP contribution >= 0.6 is 11.3 Å². The van der Waals surface area contributed by atoms with Crippen LogP contribution in [-0.2, 0) is 19.4 Å². The number of aryl methyl sites for hydroxylation is 2. The van der Waals surface area contributed by atoms with Gasteiger partial charge in [-0.2, -0.15) is 0 Å². The Balaban J connectivity index is 1.67. The third-order valence-corrected chi connectivity index (χ3v) is 6.64. The molecule has 4 aromatic rings. The highest BCUT2D eigenvalue weighted by Crippen LogP contribution is 2.34. The minimum atomic E-state index is 0.0258. The van der Waals surface area contributed by atoms with Gasteiger partial charge in [-0.15, -0.1) is 11.3 Å². The Bertz CT molecular complexity index is 1200. The molecule has 0 saturated heterocycles. The van der Waals surface area contributed by atoms with Crippen LogP contribution in [0.4, 0.5) is 5.95 Å². The average molecular weight is 403 g/mol. The monoisotopic (exact) mass is 402 g/mol. The Kier molecular flexibility index (Phi) is 4.86. The van der Waals surface area contributed by atoms with Crippen molar-refractivity contribution in [3.63, 3.8) is 0 Å². The predicted octanol–water partition coefficient (Wildman–Crippen LogP) is 4.72. The Morgan fingerprint density at radius 1 is 1.00 bits per heavy atom. The molecule has 0 radical (unpaired) electrons. The first-order chi connectivity index (χ1) is 14.3. The maximum atomic E-state index is 13.7. The van der Waals surface area contributed by atoms with Crippen LogP contribution in [0.2, 0.25) is 0 Å². The summed E-state index contributed by atoms with van der Waals surface area (Å²) in [7, 11) is 0. The molecule has 0 fully saturated rings. The van der Waals surface area contributed by atoms with Crippen molar-refractivity contribution in [1.82, 2.24) is 14.5 Å². The summed E-state index contributed by atoms with van der Waals surface area (Å²) in [6.45, 7) is 0.582. The number of nitrogens with zero attached hydrogens (tertiary/aromatic N) is 3. The van der Waals surface area contributed by atoms with E-state index in [0.717, 1.165) is 40.7 Å². The van der Waals surface area contributed by atoms with E-state index < -0.39 is 0 Å². The molecule has 3 heterocycles. The maximum absolute atomic E-state index is 13.7. The second kappa shape index (κ2) is 7.79. The zero-order chi connectivity index (χ0) is 19.6. The van der Waals surface area contributed by atoms with E-state index in [1.807, 2.05) is 42.5 Å². The second-order valence-electron chi connectivity index (χ2n) is 7.37. The van der Waals surface area contributed by atoms with Gasteiger partial charge in [-0.3, -0.25) is 9.78 Å². The molecule has 3 aromatic heterocycles. The van der Waals surface area contributed by atoms with E-state index in [-0.39, 0.29) is 5.56 Å². The molecule has 5 rings (SSSR count). The number of hydrogen-bond acceptors (Lipinski definition) is 5. The molecule has 0 amide bonds. The second-order valence-corrected chi connectivity index (χ2v) is 8.45. The van der Waals surface area contributed by atoms with E-state index >= 15 is 0 Å². The predicted molar refractivity (Wildman–Crippen MR) is 118 cm³/mol. The van der Waals surface area contributed by atoms with Crippen LogP contribution in [0.25, 0.3) is 15.9 Å². The summed E-state index contributed by atoms with van der Waals surface area (Å²) in [6, 6.07) is 13.7. The van der Waals surface area contributed by atoms with E-state index in [1.165, 1.54) is 23.3 Å². The molecule has 0 saturated carbocycles. The van der Waals surface area contributed by atoms with Crippen molar-refractivity contribution < 1.29 is 0 Å². The van der Waals surface area contributed by atoms with Gasteiger partial charge in [0, 0.05) is 23.8 Å². The van der Waals surface area contributed by atoms with Gasteiger partial charge in [0.25, 0.3) is 5.56 Å². The van der Waals surface area contributed by atoms with Gasteiger partial charge >= 0.3 is 0 Å². The number of para-hydroxylation sites is 1. The lowest BCUT2D eigenvalue weighted by molar-refractivity contribution is 0.713. The van der Waals surface area contributed by atoms with E-state index in [1.54, 1.807) is 28.3 Å². The molecule has 1 N–H and O–H groups in total. The molecule has 29 heavy (non-hydrogen) atoms. The van der Waals surface area contributed by atoms with Crippen molar-refractivity contribution in [3.05, 3.63) is 81.2 Å². The summed E-state index contributed by atoms with van der Waals surface area (Å²) in [5.74, 6) is 0.585. The number of aromatic nitrogens is 3. The van der Waals surface area contributed by atoms with Crippen molar-refractivity contribution in [2.45, 2.75) is 38.6 Å². The average Bonchev–Trinajstić information content (AvgIpc) is 2.95. The molecular weight excluding hydrogens is 380 g/mol. The van der Waals surface area contributed by atoms with Gasteiger partial charge in [0.1, 0.15) is 4.83 Å². The van der Waals surface area contributed by atoms with Crippen molar-refractivity contribution in [3.8, 4) is 5.69 Å². The Morgan fingerprint density at radius 3 is 2.62 bits per heavy atom. The number of rotatable bonds is 4. The third-order valence-electron chi connectivity index (χ3n) is 5.45. The van der Waals surface area contributed by atoms with Gasteiger partial charge in [-0.1, -0.05) is 24.6 Å². The lowest BCUT2D eigenvalue weighted by Gasteiger charge is -2.14. The van der Waals surface area contributed by atoms with E-state index in [0.29, 0.717) is 12.5 Å². The highest BCUT2D eigenvalue weighted by atomic mass is 32.1. The molecule has 0 aliphatic heterocycles. The molecule has 6 heteroatoms. The van der Waals surface area contributed by atoms with Crippen LogP contribution in [0.15, 0.2) is 59.7 Å². The first-order valence-corrected chi connectivity index (χ1v) is 10.9. The van der Waals surface area contributed by atoms with Gasteiger partial charge in [0.15, 0.2) is 0 Å². The highest BCUT2D eigenvalue weighted by molar-refractivity contribution is 7.18. The molecule has 0 bridgehead atoms. The Morgan fingerprint density at radius 2 is 1.79 bits per heavy atom. The quantitative estimate of drug-likeness (QED) is 0.502. The molecule has 146 valence electrons. The maximum Gasteiger partial charge on any atom is 0.268 e. The summed E-state index contributed by atoms with van der Waals surface area (Å²) >= 11 is 1.69. The number of pyridine rings is 1. The molecule has 0 unspecified atom stereocenters. The topological polar surface area (TPSA) is 59.8 Å². The van der Waals surface area contributed by atoms with Crippen LogP contribution in [-0.4, -0.2) is 14.5 Å². The van der Waals surface area contributed by atoms with Gasteiger partial charge < -0.3 is 5.32 Å². The van der Waals surface area contributed by atoms with Crippen molar-refractivity contribution in [2.24, 2.45) is 0 Å². The molecular formula is C23H22N4OS. The summed E-state index contributed by atoms with van der Waals surface area (Å²) in [5, 5.41) is 4.19. The fraction of sp³-hybridized carbons (Fsp3) is 0.261. The molecule has 0 spiro atoms. The summed E-state index contributed by atoms with van der Waals surface area (Å²) in [4.78, 5) is 24.9. The number of anilines is 1. The number of thiophene rings is 1. The van der Waals surface area contributed by atoms with Crippen molar-refractivity contribution in [2.75, 3.05) is 5.32 Å². The third kappa shape index (κ3) is 3.44. The summed E-state index contributed by atoms with van der Waals surface area (Å²) < 4.78 is 1.72. The van der Waals surface area contributed by atoms with Crippen LogP contribution in [0.5, 0.6) is 0 Å². The summed E-state index contributed by atoms with van der Waals surface area (Å²) in [5.41, 5.74) is 3.18. The van der Waals surface area contributed by atoms with E-state index in [9.17, 15) is 4.79 Å². The summed E-state index contributed by atoms with van der Waals surface area (Å²) in [6.07, 6.45) is 9.15. The molecule has 5 nitrogen and oxygen atoms in total. The first kappa shape index (κ1) is 18.1. The number of fused-ring (bicyclic) bond motifs is 3. The minimum Gasteiger partial charge on any atom is -0.351 e. The zero-order valence-electron chi connectivity index (χ0n) is 16.1. The van der Waals surface area contributed by atoms with E-state index in [4.69, 9.17) is 4.98 Å². The number of hydrogen-bond donors (Lipinski definition) is 1. The molecule has 0 atom stereocenters. The Labute approximate surface area is 173 Å². The van der Waals surface area contributed by atoms with Gasteiger partial charge in [-0.25, -0.2) is 9.55 Å². The van der Waals surface area contributed by atoms with Gasteiger partial charge in [-0.05, 0) is 61.1 Å². The largest absolute Gasteiger partial charge is 0.351 e. The van der Waals surface area contributed by atoms with Crippen LogP contribution < -0.4 is 10.9 Å². The van der Waals surface area contributed by atoms with Gasteiger partial charge in [0.05, 0.1) is 11.1 Å². The minimum absolute atomic E-state index is 0.0258. The smallest absolute Gasteiger partial charge is 0.268 e. The standard InChI is InChI=1S/C23H22N4OS/c28-22-20-18-9-5-2-6-10-19(18)29-21(20)26-23(25-15-16-11-13-24-14-12-16)27(22)17-7-3-1-4-8-17/h1,3-4,7-8,11-14H,2,5-6,9-10,15H2,(H,25,26). The lowest BCUT2D eigenvalue weighted by Crippen LogP contribution is -2.24. The molecule has 1 aromatic carbocycles. The number of benzene rings is 1. The normalized spacial score (nSPS) is 13.8. The van der Waals surface area contributed by atoms with Crippen molar-refractivity contribution >= 4 is 27.5 Å². The molecule has 1 aliphatic rings. The van der Waals surface area contributed by atoms with E-state index in [2.05, 4.69) is 10.3 Å². The van der Waals surface area contributed by atoms with Crippen LogP contribution in [0.3, 0.4) is 0 Å². The fourth-order valence-electron chi connectivity index (χ4n) is 4.00. The van der Waals surface area contributed by atoms with Crippen LogP contribution in [0.1, 0.15) is 35.3 Å². The van der Waals surface area contributed by atoms with Crippen LogP contribution in [0, 0.1) is 0 Å².